The number of hydrogen-bond acceptors (Lipinski definition) is 5. The predicted molar refractivity (Wildman–Crippen MR) is 119 cm³/mol. The quantitative estimate of drug-likeness (QED) is 0.510. The van der Waals surface area contributed by atoms with Crippen LogP contribution >= 0.6 is 23.1 Å². The average Bonchev–Trinajstić information content (AvgIpc) is 3.01. The predicted octanol–water partition coefficient (Wildman–Crippen LogP) is 4.30. The lowest BCUT2D eigenvalue weighted by Crippen LogP contribution is -2.34. The molecule has 28 heavy (non-hydrogen) atoms. The number of fused-ring (bicyclic) bond motifs is 3. The van der Waals surface area contributed by atoms with Gasteiger partial charge in [-0.2, -0.15) is 0 Å². The van der Waals surface area contributed by atoms with Gasteiger partial charge in [-0.05, 0) is 50.5 Å². The Morgan fingerprint density at radius 2 is 2.00 bits per heavy atom. The smallest absolute Gasteiger partial charge is 0.262 e. The van der Waals surface area contributed by atoms with Crippen LogP contribution in [0.1, 0.15) is 63.3 Å². The van der Waals surface area contributed by atoms with Crippen LogP contribution in [0.15, 0.2) is 9.95 Å². The van der Waals surface area contributed by atoms with Crippen molar-refractivity contribution in [3.05, 3.63) is 20.8 Å². The number of thioether (sulfide) groups is 1. The molecule has 0 fully saturated rings. The van der Waals surface area contributed by atoms with Gasteiger partial charge >= 0.3 is 0 Å². The lowest BCUT2D eigenvalue weighted by atomic mass is 9.97. The van der Waals surface area contributed by atoms with Gasteiger partial charge in [0.2, 0.25) is 5.91 Å². The van der Waals surface area contributed by atoms with E-state index in [0.29, 0.717) is 11.1 Å². The topological polar surface area (TPSA) is 64.0 Å². The number of carbonyl (C=O) groups is 1. The first-order valence-corrected chi connectivity index (χ1v) is 12.1. The Hall–Kier alpha value is -1.34. The molecule has 2 aromatic rings. The molecule has 3 rings (SSSR count). The number of aryl methyl sites for hydroxylation is 2. The maximum absolute atomic E-state index is 12.9. The summed E-state index contributed by atoms with van der Waals surface area (Å²) in [6.45, 7) is 6.50. The van der Waals surface area contributed by atoms with Crippen molar-refractivity contribution in [3.8, 4) is 0 Å². The standard InChI is InChI=1S/C21H31N3O2S2/c1-13(2)8-7-9-14(3)22-17(25)12-27-21-23-19-18(20(26)24(21)4)15-10-5-6-11-16(15)28-19/h13-14H,5-12H2,1-4H3,(H,22,25)/t14-/m0/s1. The molecule has 1 N–H and O–H groups in total. The van der Waals surface area contributed by atoms with E-state index in [9.17, 15) is 9.59 Å². The first kappa shape index (κ1) is 21.4. The average molecular weight is 422 g/mol. The number of hydrogen-bond donors (Lipinski definition) is 1. The van der Waals surface area contributed by atoms with E-state index in [4.69, 9.17) is 4.98 Å². The van der Waals surface area contributed by atoms with Gasteiger partial charge in [0.15, 0.2) is 5.16 Å². The molecule has 0 aromatic carbocycles. The van der Waals surface area contributed by atoms with Crippen molar-refractivity contribution in [1.29, 1.82) is 0 Å². The second-order valence-corrected chi connectivity index (χ2v) is 10.3. The Kier molecular flexibility index (Phi) is 7.20. The third kappa shape index (κ3) is 4.98. The molecular formula is C21H31N3O2S2. The first-order chi connectivity index (χ1) is 13.4. The highest BCUT2D eigenvalue weighted by molar-refractivity contribution is 7.99. The van der Waals surface area contributed by atoms with Gasteiger partial charge in [0.25, 0.3) is 5.56 Å². The van der Waals surface area contributed by atoms with Gasteiger partial charge in [-0.25, -0.2) is 4.98 Å². The summed E-state index contributed by atoms with van der Waals surface area (Å²) in [4.78, 5) is 32.1. The van der Waals surface area contributed by atoms with Crippen LogP contribution in [0.4, 0.5) is 0 Å². The van der Waals surface area contributed by atoms with E-state index >= 15 is 0 Å². The van der Waals surface area contributed by atoms with Gasteiger partial charge in [0, 0.05) is 18.0 Å². The van der Waals surface area contributed by atoms with Gasteiger partial charge in [-0.3, -0.25) is 14.2 Å². The van der Waals surface area contributed by atoms with Crippen LogP contribution < -0.4 is 10.9 Å². The summed E-state index contributed by atoms with van der Waals surface area (Å²) in [6, 6.07) is 0.176. The van der Waals surface area contributed by atoms with Crippen molar-refractivity contribution >= 4 is 39.2 Å². The molecule has 1 aliphatic rings. The van der Waals surface area contributed by atoms with Gasteiger partial charge in [0.1, 0.15) is 4.83 Å². The maximum atomic E-state index is 12.9. The molecule has 5 nitrogen and oxygen atoms in total. The zero-order chi connectivity index (χ0) is 20.3. The lowest BCUT2D eigenvalue weighted by molar-refractivity contribution is -0.119. The fourth-order valence-electron chi connectivity index (χ4n) is 3.75. The van der Waals surface area contributed by atoms with Crippen LogP contribution in [-0.2, 0) is 24.7 Å². The van der Waals surface area contributed by atoms with Crippen molar-refractivity contribution in [3.63, 3.8) is 0 Å². The Morgan fingerprint density at radius 3 is 2.75 bits per heavy atom. The van der Waals surface area contributed by atoms with Crippen molar-refractivity contribution < 1.29 is 4.79 Å². The summed E-state index contributed by atoms with van der Waals surface area (Å²) in [7, 11) is 1.76. The molecule has 0 aliphatic heterocycles. The number of rotatable bonds is 8. The van der Waals surface area contributed by atoms with Crippen molar-refractivity contribution in [2.24, 2.45) is 13.0 Å². The fraction of sp³-hybridized carbons (Fsp3) is 0.667. The van der Waals surface area contributed by atoms with Crippen molar-refractivity contribution in [2.75, 3.05) is 5.75 Å². The minimum atomic E-state index is 0.00173. The minimum Gasteiger partial charge on any atom is -0.353 e. The van der Waals surface area contributed by atoms with Crippen LogP contribution in [0.5, 0.6) is 0 Å². The molecule has 0 saturated heterocycles. The molecule has 0 radical (unpaired) electrons. The van der Waals surface area contributed by atoms with Crippen LogP contribution in [0.2, 0.25) is 0 Å². The Morgan fingerprint density at radius 1 is 1.25 bits per heavy atom. The molecule has 1 aliphatic carbocycles. The molecule has 2 heterocycles. The third-order valence-electron chi connectivity index (χ3n) is 5.31. The van der Waals surface area contributed by atoms with E-state index in [1.165, 1.54) is 35.0 Å². The molecular weight excluding hydrogens is 390 g/mol. The number of nitrogens with zero attached hydrogens (tertiary/aromatic N) is 2. The summed E-state index contributed by atoms with van der Waals surface area (Å²) >= 11 is 3.00. The maximum Gasteiger partial charge on any atom is 0.262 e. The van der Waals surface area contributed by atoms with E-state index < -0.39 is 0 Å². The monoisotopic (exact) mass is 421 g/mol. The van der Waals surface area contributed by atoms with Gasteiger partial charge in [-0.1, -0.05) is 38.5 Å². The molecule has 154 valence electrons. The third-order valence-corrected chi connectivity index (χ3v) is 7.53. The van der Waals surface area contributed by atoms with Crippen LogP contribution in [0.3, 0.4) is 0 Å². The largest absolute Gasteiger partial charge is 0.353 e. The fourth-order valence-corrected chi connectivity index (χ4v) is 5.83. The van der Waals surface area contributed by atoms with Crippen LogP contribution in [0.25, 0.3) is 10.2 Å². The second-order valence-electron chi connectivity index (χ2n) is 8.23. The van der Waals surface area contributed by atoms with E-state index in [0.717, 1.165) is 42.3 Å². The molecule has 0 unspecified atom stereocenters. The number of thiophene rings is 1. The normalized spacial score (nSPS) is 15.0. The summed E-state index contributed by atoms with van der Waals surface area (Å²) < 4.78 is 1.61. The second kappa shape index (κ2) is 9.44. The number of carbonyl (C=O) groups excluding carboxylic acids is 1. The van der Waals surface area contributed by atoms with Gasteiger partial charge < -0.3 is 5.32 Å². The Bertz CT molecular complexity index is 901. The summed E-state index contributed by atoms with van der Waals surface area (Å²) in [5.74, 6) is 0.983. The molecule has 0 bridgehead atoms. The van der Waals surface area contributed by atoms with E-state index in [1.54, 1.807) is 23.0 Å². The van der Waals surface area contributed by atoms with E-state index in [-0.39, 0.29) is 23.3 Å². The van der Waals surface area contributed by atoms with Gasteiger partial charge in [-0.15, -0.1) is 11.3 Å². The highest BCUT2D eigenvalue weighted by Crippen LogP contribution is 2.34. The zero-order valence-corrected chi connectivity index (χ0v) is 19.0. The van der Waals surface area contributed by atoms with Gasteiger partial charge in [0.05, 0.1) is 11.1 Å². The number of amides is 1. The highest BCUT2D eigenvalue weighted by Gasteiger charge is 2.21. The Labute approximate surface area is 175 Å². The first-order valence-electron chi connectivity index (χ1n) is 10.3. The zero-order valence-electron chi connectivity index (χ0n) is 17.3. The minimum absolute atomic E-state index is 0.00173. The molecule has 2 aromatic heterocycles. The lowest BCUT2D eigenvalue weighted by Gasteiger charge is -2.14. The number of aromatic nitrogens is 2. The van der Waals surface area contributed by atoms with E-state index in [1.807, 2.05) is 0 Å². The molecule has 0 spiro atoms. The van der Waals surface area contributed by atoms with Crippen molar-refractivity contribution in [1.82, 2.24) is 14.9 Å². The van der Waals surface area contributed by atoms with Crippen molar-refractivity contribution in [2.45, 2.75) is 76.9 Å². The highest BCUT2D eigenvalue weighted by atomic mass is 32.2. The summed E-state index contributed by atoms with van der Waals surface area (Å²) in [6.07, 6.45) is 7.69. The SMILES string of the molecule is CC(C)CCC[C@H](C)NC(=O)CSc1nc2sc3c(c2c(=O)n1C)CCCC3. The molecule has 1 atom stereocenters. The van der Waals surface area contributed by atoms with Crippen LogP contribution in [-0.4, -0.2) is 27.3 Å². The summed E-state index contributed by atoms with van der Waals surface area (Å²) in [5, 5.41) is 4.49. The number of nitrogens with one attached hydrogen (secondary N) is 1. The Balaban J connectivity index is 1.64. The molecule has 0 saturated carbocycles. The van der Waals surface area contributed by atoms with Crippen LogP contribution in [0, 0.1) is 5.92 Å². The van der Waals surface area contributed by atoms with E-state index in [2.05, 4.69) is 26.1 Å². The molecule has 1 amide bonds. The molecule has 7 heteroatoms. The summed E-state index contributed by atoms with van der Waals surface area (Å²) in [5.41, 5.74) is 1.23.